The first-order chi connectivity index (χ1) is 12.2. The van der Waals surface area contributed by atoms with E-state index in [0.717, 1.165) is 0 Å². The zero-order valence-corrected chi connectivity index (χ0v) is 15.7. The second-order valence-corrected chi connectivity index (χ2v) is 7.29. The maximum atomic E-state index is 12.6. The molecule has 142 valence electrons. The van der Waals surface area contributed by atoms with Crippen LogP contribution in [0.25, 0.3) is 0 Å². The van der Waals surface area contributed by atoms with Crippen molar-refractivity contribution in [1.82, 2.24) is 10.2 Å². The van der Waals surface area contributed by atoms with Crippen molar-refractivity contribution < 1.29 is 23.9 Å². The number of hydrogen-bond donors (Lipinski definition) is 1. The van der Waals surface area contributed by atoms with Gasteiger partial charge in [0.2, 0.25) is 5.91 Å². The van der Waals surface area contributed by atoms with Crippen LogP contribution >= 0.6 is 0 Å². The van der Waals surface area contributed by atoms with Crippen LogP contribution in [0.4, 0.5) is 4.79 Å². The molecule has 0 aromatic heterocycles. The Morgan fingerprint density at radius 1 is 1.19 bits per heavy atom. The van der Waals surface area contributed by atoms with E-state index in [2.05, 4.69) is 5.32 Å². The molecule has 1 unspecified atom stereocenters. The molecule has 1 fully saturated rings. The Balaban J connectivity index is 2.00. The van der Waals surface area contributed by atoms with Crippen molar-refractivity contribution >= 4 is 18.0 Å². The first-order valence-corrected chi connectivity index (χ1v) is 8.62. The summed E-state index contributed by atoms with van der Waals surface area (Å²) in [6.07, 6.45) is 0.0914. The van der Waals surface area contributed by atoms with Gasteiger partial charge in [-0.25, -0.2) is 9.59 Å². The van der Waals surface area contributed by atoms with E-state index >= 15 is 0 Å². The lowest BCUT2D eigenvalue weighted by Gasteiger charge is -2.24. The lowest BCUT2D eigenvalue weighted by molar-refractivity contribution is -0.145. The lowest BCUT2D eigenvalue weighted by Crippen LogP contribution is -2.40. The topological polar surface area (TPSA) is 84.9 Å². The van der Waals surface area contributed by atoms with Gasteiger partial charge in [-0.05, 0) is 32.8 Å². The molecular formula is C19H26N2O5. The van der Waals surface area contributed by atoms with Crippen molar-refractivity contribution in [1.29, 1.82) is 0 Å². The number of ether oxygens (including phenoxy) is 2. The van der Waals surface area contributed by atoms with Crippen LogP contribution in [-0.4, -0.2) is 48.7 Å². The molecule has 1 N–H and O–H groups in total. The minimum Gasteiger partial charge on any atom is -0.467 e. The Labute approximate surface area is 153 Å². The second kappa shape index (κ2) is 8.21. The van der Waals surface area contributed by atoms with Crippen molar-refractivity contribution in [2.45, 2.75) is 38.8 Å². The summed E-state index contributed by atoms with van der Waals surface area (Å²) in [5.74, 6) is -1.21. The maximum absolute atomic E-state index is 12.6. The summed E-state index contributed by atoms with van der Waals surface area (Å²) in [6, 6.07) is 8.04. The van der Waals surface area contributed by atoms with Crippen LogP contribution < -0.4 is 5.32 Å². The molecule has 7 nitrogen and oxygen atoms in total. The average molecular weight is 362 g/mol. The molecule has 2 atom stereocenters. The predicted molar refractivity (Wildman–Crippen MR) is 95.3 cm³/mol. The number of nitrogens with zero attached hydrogens (tertiary/aromatic N) is 1. The van der Waals surface area contributed by atoms with Gasteiger partial charge in [0.05, 0.1) is 13.0 Å². The molecule has 1 aromatic carbocycles. The van der Waals surface area contributed by atoms with Crippen molar-refractivity contribution in [3.05, 3.63) is 35.9 Å². The molecule has 0 saturated carbocycles. The third kappa shape index (κ3) is 5.21. The summed E-state index contributed by atoms with van der Waals surface area (Å²) >= 11 is 0. The van der Waals surface area contributed by atoms with Crippen molar-refractivity contribution in [3.63, 3.8) is 0 Å². The van der Waals surface area contributed by atoms with Crippen LogP contribution in [0.15, 0.2) is 30.3 Å². The molecule has 7 heteroatoms. The number of esters is 1. The van der Waals surface area contributed by atoms with E-state index in [-0.39, 0.29) is 12.5 Å². The monoisotopic (exact) mass is 362 g/mol. The van der Waals surface area contributed by atoms with Crippen LogP contribution in [0, 0.1) is 5.92 Å². The van der Waals surface area contributed by atoms with Gasteiger partial charge in [-0.2, -0.15) is 0 Å². The molecule has 1 saturated heterocycles. The third-order valence-electron chi connectivity index (χ3n) is 4.07. The molecule has 1 aromatic rings. The molecule has 1 heterocycles. The standard InChI is InChI=1S/C19H26N2O5/c1-19(2,3)26-18(24)21-11-10-14(12-21)16(22)20-15(17(23)25-4)13-8-6-5-7-9-13/h5-9,14-15H,10-12H2,1-4H3,(H,20,22)/t14?,15-/m1/s1. The molecule has 1 aliphatic heterocycles. The molecule has 0 radical (unpaired) electrons. The average Bonchev–Trinajstić information content (AvgIpc) is 3.08. The number of amides is 2. The normalized spacial score (nSPS) is 18.2. The fourth-order valence-corrected chi connectivity index (χ4v) is 2.77. The fraction of sp³-hybridized carbons (Fsp3) is 0.526. The molecule has 0 bridgehead atoms. The van der Waals surface area contributed by atoms with Gasteiger partial charge in [0.15, 0.2) is 6.04 Å². The van der Waals surface area contributed by atoms with Gasteiger partial charge >= 0.3 is 12.1 Å². The van der Waals surface area contributed by atoms with Crippen LogP contribution in [0.2, 0.25) is 0 Å². The van der Waals surface area contributed by atoms with Gasteiger partial charge in [-0.1, -0.05) is 30.3 Å². The molecule has 1 aliphatic rings. The Bertz CT molecular complexity index is 654. The highest BCUT2D eigenvalue weighted by Gasteiger charge is 2.35. The van der Waals surface area contributed by atoms with Crippen LogP contribution in [-0.2, 0) is 19.1 Å². The number of rotatable bonds is 4. The highest BCUT2D eigenvalue weighted by molar-refractivity contribution is 5.87. The van der Waals surface area contributed by atoms with Crippen molar-refractivity contribution in [2.24, 2.45) is 5.92 Å². The number of carbonyl (C=O) groups excluding carboxylic acids is 3. The summed E-state index contributed by atoms with van der Waals surface area (Å²) in [7, 11) is 1.28. The van der Waals surface area contributed by atoms with E-state index in [1.807, 2.05) is 6.07 Å². The summed E-state index contributed by atoms with van der Waals surface area (Å²) in [6.45, 7) is 6.11. The predicted octanol–water partition coefficient (Wildman–Crippen LogP) is 2.27. The highest BCUT2D eigenvalue weighted by Crippen LogP contribution is 2.22. The maximum Gasteiger partial charge on any atom is 0.410 e. The molecule has 26 heavy (non-hydrogen) atoms. The minimum absolute atomic E-state index is 0.267. The first-order valence-electron chi connectivity index (χ1n) is 8.62. The smallest absolute Gasteiger partial charge is 0.410 e. The van der Waals surface area contributed by atoms with E-state index in [0.29, 0.717) is 18.5 Å². The van der Waals surface area contributed by atoms with Crippen LogP contribution in [0.3, 0.4) is 0 Å². The summed E-state index contributed by atoms with van der Waals surface area (Å²) in [5, 5.41) is 2.74. The number of carbonyl (C=O) groups is 3. The van der Waals surface area contributed by atoms with Gasteiger partial charge in [0, 0.05) is 13.1 Å². The van der Waals surface area contributed by atoms with E-state index in [4.69, 9.17) is 9.47 Å². The Morgan fingerprint density at radius 2 is 1.85 bits per heavy atom. The van der Waals surface area contributed by atoms with Crippen LogP contribution in [0.5, 0.6) is 0 Å². The van der Waals surface area contributed by atoms with Gasteiger partial charge in [-0.3, -0.25) is 4.79 Å². The van der Waals surface area contributed by atoms with Gasteiger partial charge in [0.1, 0.15) is 5.60 Å². The number of likely N-dealkylation sites (tertiary alicyclic amines) is 1. The van der Waals surface area contributed by atoms with Crippen molar-refractivity contribution in [3.8, 4) is 0 Å². The SMILES string of the molecule is COC(=O)[C@H](NC(=O)C1CCN(C(=O)OC(C)(C)C)C1)c1ccccc1. The molecule has 2 amide bonds. The Morgan fingerprint density at radius 3 is 2.42 bits per heavy atom. The van der Waals surface area contributed by atoms with Gasteiger partial charge in [0.25, 0.3) is 0 Å². The zero-order chi connectivity index (χ0) is 19.3. The number of methoxy groups -OCH3 is 1. The van der Waals surface area contributed by atoms with Gasteiger partial charge < -0.3 is 19.7 Å². The molecular weight excluding hydrogens is 336 g/mol. The molecule has 0 spiro atoms. The van der Waals surface area contributed by atoms with Crippen LogP contribution in [0.1, 0.15) is 38.8 Å². The lowest BCUT2D eigenvalue weighted by atomic mass is 10.0. The Kier molecular flexibility index (Phi) is 6.23. The van der Waals surface area contributed by atoms with E-state index < -0.39 is 29.6 Å². The quantitative estimate of drug-likeness (QED) is 0.831. The summed E-state index contributed by atoms with van der Waals surface area (Å²) in [4.78, 5) is 38.3. The van der Waals surface area contributed by atoms with E-state index in [1.54, 1.807) is 45.0 Å². The second-order valence-electron chi connectivity index (χ2n) is 7.29. The number of hydrogen-bond acceptors (Lipinski definition) is 5. The molecule has 0 aliphatic carbocycles. The molecule has 2 rings (SSSR count). The van der Waals surface area contributed by atoms with E-state index in [9.17, 15) is 14.4 Å². The largest absolute Gasteiger partial charge is 0.467 e. The summed E-state index contributed by atoms with van der Waals surface area (Å²) < 4.78 is 10.1. The first kappa shape index (κ1) is 19.8. The zero-order valence-electron chi connectivity index (χ0n) is 15.7. The summed E-state index contributed by atoms with van der Waals surface area (Å²) in [5.41, 5.74) is 0.0652. The highest BCUT2D eigenvalue weighted by atomic mass is 16.6. The minimum atomic E-state index is -0.871. The Hall–Kier alpha value is -2.57. The number of nitrogens with one attached hydrogen (secondary N) is 1. The fourth-order valence-electron chi connectivity index (χ4n) is 2.77. The third-order valence-corrected chi connectivity index (χ3v) is 4.07. The van der Waals surface area contributed by atoms with E-state index in [1.165, 1.54) is 12.0 Å². The number of benzene rings is 1. The van der Waals surface area contributed by atoms with Crippen molar-refractivity contribution in [2.75, 3.05) is 20.2 Å². The van der Waals surface area contributed by atoms with Gasteiger partial charge in [-0.15, -0.1) is 0 Å².